The number of nitrogens with zero attached hydrogens (tertiary/aromatic N) is 4. The molecule has 2 aromatic heterocycles. The number of sulfone groups is 1. The van der Waals surface area contributed by atoms with Crippen molar-refractivity contribution in [3.05, 3.63) is 99.9 Å². The van der Waals surface area contributed by atoms with E-state index in [4.69, 9.17) is 4.74 Å². The first-order valence-electron chi connectivity index (χ1n) is 12.4. The van der Waals surface area contributed by atoms with Gasteiger partial charge < -0.3 is 9.84 Å². The molecule has 9 nitrogen and oxygen atoms in total. The van der Waals surface area contributed by atoms with Crippen LogP contribution in [0.3, 0.4) is 0 Å². The first kappa shape index (κ1) is 27.7. The van der Waals surface area contributed by atoms with Gasteiger partial charge in [0.1, 0.15) is 12.4 Å². The van der Waals surface area contributed by atoms with Crippen molar-refractivity contribution >= 4 is 9.84 Å². The summed E-state index contributed by atoms with van der Waals surface area (Å²) in [5, 5.41) is 20.1. The highest BCUT2D eigenvalue weighted by Crippen LogP contribution is 2.30. The monoisotopic (exact) mass is 544 g/mol. The minimum atomic E-state index is -4.46. The Balaban J connectivity index is 1.88. The summed E-state index contributed by atoms with van der Waals surface area (Å²) in [5.74, 6) is -0.809. The Morgan fingerprint density at radius 3 is 2.51 bits per heavy atom. The molecule has 2 aromatic carbocycles. The van der Waals surface area contributed by atoms with Crippen molar-refractivity contribution in [2.75, 3.05) is 6.61 Å². The summed E-state index contributed by atoms with van der Waals surface area (Å²) in [6.45, 7) is 5.71. The van der Waals surface area contributed by atoms with Crippen LogP contribution in [0.25, 0.3) is 11.1 Å². The average Bonchev–Trinajstić information content (AvgIpc) is 2.94. The largest absolute Gasteiger partial charge is 0.492 e. The molecular weight excluding hydrogens is 516 g/mol. The van der Waals surface area contributed by atoms with Crippen LogP contribution in [-0.4, -0.2) is 34.7 Å². The Kier molecular flexibility index (Phi) is 8.24. The normalized spacial score (nSPS) is 12.2. The molecule has 10 heteroatoms. The molecule has 2 heterocycles. The fourth-order valence-electron chi connectivity index (χ4n) is 4.51. The van der Waals surface area contributed by atoms with Crippen molar-refractivity contribution in [2.24, 2.45) is 0 Å². The Morgan fingerprint density at radius 2 is 1.87 bits per heavy atom. The number of aryl methyl sites for hydroxylation is 1. The zero-order valence-corrected chi connectivity index (χ0v) is 22.6. The molecule has 0 fully saturated rings. The quantitative estimate of drug-likeness (QED) is 0.324. The van der Waals surface area contributed by atoms with E-state index in [2.05, 4.69) is 16.0 Å². The molecule has 39 heavy (non-hydrogen) atoms. The first-order chi connectivity index (χ1) is 18.7. The number of hydrogen-bond donors (Lipinski definition) is 1. The average molecular weight is 545 g/mol. The number of aromatic hydroxyl groups is 1. The molecule has 0 aliphatic carbocycles. The van der Waals surface area contributed by atoms with Crippen LogP contribution in [0.5, 0.6) is 5.88 Å². The molecule has 0 spiro atoms. The summed E-state index contributed by atoms with van der Waals surface area (Å²) in [6.07, 6.45) is 3.76. The molecule has 1 N–H and O–H groups in total. The number of nitriles is 1. The van der Waals surface area contributed by atoms with Crippen molar-refractivity contribution in [3.63, 3.8) is 0 Å². The summed E-state index contributed by atoms with van der Waals surface area (Å²) in [6, 6.07) is 16.1. The number of rotatable bonds is 9. The summed E-state index contributed by atoms with van der Waals surface area (Å²) in [7, 11) is -4.46. The molecule has 4 rings (SSSR count). The second kappa shape index (κ2) is 11.6. The maximum Gasteiger partial charge on any atom is 0.277 e. The van der Waals surface area contributed by atoms with E-state index >= 15 is 0 Å². The molecule has 0 aliphatic heterocycles. The smallest absolute Gasteiger partial charge is 0.277 e. The number of pyridine rings is 1. The van der Waals surface area contributed by atoms with Gasteiger partial charge in [0.05, 0.1) is 22.6 Å². The van der Waals surface area contributed by atoms with E-state index in [0.717, 1.165) is 16.7 Å². The molecule has 0 aliphatic rings. The molecule has 1 atom stereocenters. The number of aromatic nitrogens is 3. The molecule has 0 amide bonds. The number of benzene rings is 2. The molecule has 1 unspecified atom stereocenters. The predicted octanol–water partition coefficient (Wildman–Crippen LogP) is 4.56. The third-order valence-electron chi connectivity index (χ3n) is 6.43. The lowest BCUT2D eigenvalue weighted by molar-refractivity contribution is 0.122. The first-order valence-corrected chi connectivity index (χ1v) is 13.9. The standard InChI is InChI=1S/C29H28N4O5S/c1-4-25(22-8-6-7-20(15-22)16-30)33-26(18-38-5-2)32-28(34)27(29(33)35)39(36,37)23-11-9-21(10-12-23)24-13-14-31-17-19(24)3/h6-15,17,25,34H,4-5,18H2,1-3H3. The van der Waals surface area contributed by atoms with Crippen LogP contribution >= 0.6 is 0 Å². The van der Waals surface area contributed by atoms with Crippen LogP contribution in [0.4, 0.5) is 0 Å². The topological polar surface area (TPSA) is 135 Å². The van der Waals surface area contributed by atoms with Crippen molar-refractivity contribution < 1.29 is 18.3 Å². The lowest BCUT2D eigenvalue weighted by Crippen LogP contribution is -2.33. The molecular formula is C29H28N4O5S. The van der Waals surface area contributed by atoms with E-state index in [1.54, 1.807) is 55.7 Å². The van der Waals surface area contributed by atoms with E-state index in [9.17, 15) is 23.6 Å². The van der Waals surface area contributed by atoms with Gasteiger partial charge in [-0.25, -0.2) is 8.42 Å². The lowest BCUT2D eigenvalue weighted by Gasteiger charge is -2.23. The highest BCUT2D eigenvalue weighted by molar-refractivity contribution is 7.91. The predicted molar refractivity (Wildman–Crippen MR) is 145 cm³/mol. The zero-order valence-electron chi connectivity index (χ0n) is 21.8. The van der Waals surface area contributed by atoms with Gasteiger partial charge in [0.25, 0.3) is 5.56 Å². The van der Waals surface area contributed by atoms with Gasteiger partial charge >= 0.3 is 0 Å². The van der Waals surface area contributed by atoms with Gasteiger partial charge in [-0.3, -0.25) is 14.3 Å². The maximum absolute atomic E-state index is 13.9. The molecule has 4 aromatic rings. The Labute approximate surface area is 226 Å². The van der Waals surface area contributed by atoms with Gasteiger partial charge in [-0.15, -0.1) is 0 Å². The van der Waals surface area contributed by atoms with Crippen molar-refractivity contribution in [2.45, 2.75) is 49.6 Å². The Morgan fingerprint density at radius 1 is 1.13 bits per heavy atom. The van der Waals surface area contributed by atoms with Gasteiger partial charge in [-0.05, 0) is 72.9 Å². The van der Waals surface area contributed by atoms with Gasteiger partial charge in [-0.1, -0.05) is 31.2 Å². The minimum absolute atomic E-state index is 0.0796. The lowest BCUT2D eigenvalue weighted by atomic mass is 10.0. The van der Waals surface area contributed by atoms with Gasteiger partial charge in [-0.2, -0.15) is 10.2 Å². The second-order valence-electron chi connectivity index (χ2n) is 8.87. The van der Waals surface area contributed by atoms with Crippen molar-refractivity contribution in [1.29, 1.82) is 5.26 Å². The molecule has 0 saturated carbocycles. The van der Waals surface area contributed by atoms with Crippen molar-refractivity contribution in [3.8, 4) is 23.1 Å². The molecule has 0 radical (unpaired) electrons. The summed E-state index contributed by atoms with van der Waals surface area (Å²) < 4.78 is 34.2. The summed E-state index contributed by atoms with van der Waals surface area (Å²) >= 11 is 0. The van der Waals surface area contributed by atoms with Crippen LogP contribution in [0, 0.1) is 18.3 Å². The number of hydrogen-bond acceptors (Lipinski definition) is 8. The summed E-state index contributed by atoms with van der Waals surface area (Å²) in [4.78, 5) is 21.1. The fourth-order valence-corrected chi connectivity index (χ4v) is 5.86. The van der Waals surface area contributed by atoms with E-state index < -0.39 is 32.2 Å². The summed E-state index contributed by atoms with van der Waals surface area (Å²) in [5.41, 5.74) is 2.71. The highest BCUT2D eigenvalue weighted by atomic mass is 32.2. The zero-order chi connectivity index (χ0) is 28.2. The van der Waals surface area contributed by atoms with Crippen molar-refractivity contribution in [1.82, 2.24) is 14.5 Å². The van der Waals surface area contributed by atoms with Crippen LogP contribution in [0.2, 0.25) is 0 Å². The number of ether oxygens (including phenoxy) is 1. The van der Waals surface area contributed by atoms with Crippen LogP contribution in [0.1, 0.15) is 48.8 Å². The van der Waals surface area contributed by atoms with Crippen LogP contribution in [0.15, 0.2) is 81.6 Å². The highest BCUT2D eigenvalue weighted by Gasteiger charge is 2.31. The SMILES string of the molecule is CCOCc1nc(O)c(S(=O)(=O)c2ccc(-c3ccncc3C)cc2)c(=O)n1C(CC)c1cccc(C#N)c1. The molecule has 0 saturated heterocycles. The van der Waals surface area contributed by atoms with Gasteiger partial charge in [0.15, 0.2) is 4.90 Å². The van der Waals surface area contributed by atoms with E-state index in [-0.39, 0.29) is 17.3 Å². The van der Waals surface area contributed by atoms with Crippen LogP contribution in [-0.2, 0) is 21.2 Å². The Hall–Kier alpha value is -4.33. The molecule has 200 valence electrons. The van der Waals surface area contributed by atoms with E-state index in [0.29, 0.717) is 24.2 Å². The third kappa shape index (κ3) is 5.46. The van der Waals surface area contributed by atoms with Crippen LogP contribution < -0.4 is 5.56 Å². The van der Waals surface area contributed by atoms with E-state index in [1.165, 1.54) is 16.7 Å². The second-order valence-corrected chi connectivity index (χ2v) is 10.8. The third-order valence-corrected chi connectivity index (χ3v) is 8.22. The minimum Gasteiger partial charge on any atom is -0.492 e. The Bertz CT molecular complexity index is 1710. The van der Waals surface area contributed by atoms with E-state index in [1.807, 2.05) is 19.9 Å². The molecule has 0 bridgehead atoms. The maximum atomic E-state index is 13.9. The fraction of sp³-hybridized carbons (Fsp3) is 0.241. The van der Waals surface area contributed by atoms with Gasteiger partial charge in [0.2, 0.25) is 15.7 Å². The van der Waals surface area contributed by atoms with Gasteiger partial charge in [0, 0.05) is 19.0 Å².